The zero-order valence-corrected chi connectivity index (χ0v) is 15.7. The highest BCUT2D eigenvalue weighted by atomic mass is 15.2. The molecule has 0 aliphatic heterocycles. The third kappa shape index (κ3) is 4.50. The van der Waals surface area contributed by atoms with Crippen LogP contribution in [0.4, 0.5) is 0 Å². The number of hydrogen-bond donors (Lipinski definition) is 5. The van der Waals surface area contributed by atoms with E-state index >= 15 is 0 Å². The summed E-state index contributed by atoms with van der Waals surface area (Å²) in [6.07, 6.45) is 8.46. The van der Waals surface area contributed by atoms with Gasteiger partial charge in [-0.05, 0) is 57.5 Å². The molecule has 0 heterocycles. The minimum absolute atomic E-state index is 0.00572. The van der Waals surface area contributed by atoms with E-state index in [9.17, 15) is 0 Å². The van der Waals surface area contributed by atoms with Gasteiger partial charge < -0.3 is 16.8 Å². The fourth-order valence-corrected chi connectivity index (χ4v) is 3.62. The van der Waals surface area contributed by atoms with Crippen molar-refractivity contribution in [2.75, 3.05) is 27.7 Å². The molecule has 1 atom stereocenters. The molecule has 0 saturated carbocycles. The summed E-state index contributed by atoms with van der Waals surface area (Å²) >= 11 is 0. The quantitative estimate of drug-likeness (QED) is 0.465. The number of likely N-dealkylation sites (N-methyl/N-ethyl adjacent to an activating group) is 2. The van der Waals surface area contributed by atoms with E-state index in [0.29, 0.717) is 6.54 Å². The van der Waals surface area contributed by atoms with Gasteiger partial charge in [-0.1, -0.05) is 36.4 Å². The van der Waals surface area contributed by atoms with E-state index in [-0.39, 0.29) is 11.7 Å². The molecule has 5 heteroatoms. The monoisotopic (exact) mass is 343 g/mol. The molecule has 0 aromatic heterocycles. The van der Waals surface area contributed by atoms with Gasteiger partial charge in [0, 0.05) is 24.4 Å². The van der Waals surface area contributed by atoms with Gasteiger partial charge in [-0.3, -0.25) is 10.6 Å². The van der Waals surface area contributed by atoms with Gasteiger partial charge in [-0.15, -0.1) is 0 Å². The number of allylic oxidation sites excluding steroid dienone is 1. The Kier molecular flexibility index (Phi) is 7.20. The molecule has 1 aromatic rings. The molecule has 1 unspecified atom stereocenters. The van der Waals surface area contributed by atoms with Crippen LogP contribution in [0.1, 0.15) is 42.9 Å². The molecule has 1 aliphatic rings. The maximum absolute atomic E-state index is 6.20. The van der Waals surface area contributed by atoms with Crippen LogP contribution < -0.4 is 27.4 Å². The molecular formula is C20H33N5. The summed E-state index contributed by atoms with van der Waals surface area (Å²) < 4.78 is 0. The Balaban J connectivity index is 2.32. The van der Waals surface area contributed by atoms with Gasteiger partial charge in [-0.2, -0.15) is 0 Å². The fraction of sp³-hybridized carbons (Fsp3) is 0.500. The molecule has 2 rings (SSSR count). The van der Waals surface area contributed by atoms with Gasteiger partial charge in [0.05, 0.1) is 5.66 Å². The Morgan fingerprint density at radius 2 is 1.96 bits per heavy atom. The largest absolute Gasteiger partial charge is 0.391 e. The highest BCUT2D eigenvalue weighted by Gasteiger charge is 2.34. The second-order valence-corrected chi connectivity index (χ2v) is 6.59. The van der Waals surface area contributed by atoms with E-state index in [1.165, 1.54) is 11.3 Å². The van der Waals surface area contributed by atoms with Crippen molar-refractivity contribution in [3.63, 3.8) is 0 Å². The summed E-state index contributed by atoms with van der Waals surface area (Å²) in [7, 11) is 6.02. The Labute approximate surface area is 151 Å². The van der Waals surface area contributed by atoms with Gasteiger partial charge in [0.1, 0.15) is 0 Å². The van der Waals surface area contributed by atoms with E-state index in [2.05, 4.69) is 52.4 Å². The van der Waals surface area contributed by atoms with Crippen molar-refractivity contribution in [1.82, 2.24) is 16.0 Å². The Morgan fingerprint density at radius 1 is 1.20 bits per heavy atom. The van der Waals surface area contributed by atoms with Crippen molar-refractivity contribution in [3.05, 3.63) is 52.7 Å². The summed E-state index contributed by atoms with van der Waals surface area (Å²) in [5.41, 5.74) is 16.5. The molecule has 0 spiro atoms. The van der Waals surface area contributed by atoms with Crippen molar-refractivity contribution in [2.24, 2.45) is 11.5 Å². The summed E-state index contributed by atoms with van der Waals surface area (Å²) in [5, 5.41) is 10.3. The molecule has 7 N–H and O–H groups in total. The second kappa shape index (κ2) is 9.15. The zero-order valence-electron chi connectivity index (χ0n) is 15.7. The van der Waals surface area contributed by atoms with Crippen molar-refractivity contribution < 1.29 is 0 Å². The molecule has 0 amide bonds. The first-order valence-electron chi connectivity index (χ1n) is 9.13. The van der Waals surface area contributed by atoms with E-state index in [4.69, 9.17) is 11.5 Å². The molecule has 0 radical (unpaired) electrons. The molecule has 138 valence electrons. The molecule has 0 fully saturated rings. The first kappa shape index (κ1) is 19.7. The lowest BCUT2D eigenvalue weighted by atomic mass is 9.84. The maximum atomic E-state index is 6.20. The third-order valence-corrected chi connectivity index (χ3v) is 5.18. The van der Waals surface area contributed by atoms with Gasteiger partial charge >= 0.3 is 0 Å². The number of benzene rings is 1. The van der Waals surface area contributed by atoms with E-state index < -0.39 is 0 Å². The first-order chi connectivity index (χ1) is 12.1. The summed E-state index contributed by atoms with van der Waals surface area (Å²) in [6.45, 7) is 0.604. The molecule has 1 aromatic carbocycles. The van der Waals surface area contributed by atoms with Crippen LogP contribution in [0.25, 0.3) is 6.08 Å². The van der Waals surface area contributed by atoms with Crippen LogP contribution in [-0.2, 0) is 0 Å². The topological polar surface area (TPSA) is 88.1 Å². The van der Waals surface area contributed by atoms with Crippen LogP contribution in [0, 0.1) is 0 Å². The zero-order chi connectivity index (χ0) is 18.3. The normalized spacial score (nSPS) is 18.6. The SMILES string of the molecule is CNC1=C(/C=C/c2cccc(C(N)CCN)c2)C(NC)(NC)CCC1. The van der Waals surface area contributed by atoms with E-state index in [0.717, 1.165) is 36.8 Å². The van der Waals surface area contributed by atoms with Crippen molar-refractivity contribution in [2.45, 2.75) is 37.4 Å². The summed E-state index contributed by atoms with van der Waals surface area (Å²) in [6, 6.07) is 8.39. The van der Waals surface area contributed by atoms with Crippen LogP contribution in [0.2, 0.25) is 0 Å². The minimum atomic E-state index is -0.194. The van der Waals surface area contributed by atoms with E-state index in [1.807, 2.05) is 21.1 Å². The van der Waals surface area contributed by atoms with Gasteiger partial charge in [0.15, 0.2) is 0 Å². The average Bonchev–Trinajstić information content (AvgIpc) is 2.66. The molecule has 0 saturated heterocycles. The number of nitrogens with one attached hydrogen (secondary N) is 3. The lowest BCUT2D eigenvalue weighted by molar-refractivity contribution is 0.306. The predicted molar refractivity (Wildman–Crippen MR) is 107 cm³/mol. The Morgan fingerprint density at radius 3 is 2.60 bits per heavy atom. The average molecular weight is 344 g/mol. The Bertz CT molecular complexity index is 616. The third-order valence-electron chi connectivity index (χ3n) is 5.18. The Hall–Kier alpha value is -1.66. The van der Waals surface area contributed by atoms with Crippen LogP contribution in [0.5, 0.6) is 0 Å². The van der Waals surface area contributed by atoms with Gasteiger partial charge in [0.25, 0.3) is 0 Å². The van der Waals surface area contributed by atoms with Crippen LogP contribution in [0.15, 0.2) is 41.6 Å². The molecule has 0 bridgehead atoms. The van der Waals surface area contributed by atoms with Crippen molar-refractivity contribution in [1.29, 1.82) is 0 Å². The number of hydrogen-bond acceptors (Lipinski definition) is 5. The van der Waals surface area contributed by atoms with Crippen molar-refractivity contribution in [3.8, 4) is 0 Å². The highest BCUT2D eigenvalue weighted by molar-refractivity contribution is 5.56. The lowest BCUT2D eigenvalue weighted by Crippen LogP contribution is -2.57. The summed E-state index contributed by atoms with van der Waals surface area (Å²) in [5.74, 6) is 0. The number of rotatable bonds is 8. The van der Waals surface area contributed by atoms with E-state index in [1.54, 1.807) is 0 Å². The molecular weight excluding hydrogens is 310 g/mol. The highest BCUT2D eigenvalue weighted by Crippen LogP contribution is 2.31. The molecule has 25 heavy (non-hydrogen) atoms. The maximum Gasteiger partial charge on any atom is 0.0961 e. The minimum Gasteiger partial charge on any atom is -0.391 e. The molecule has 1 aliphatic carbocycles. The van der Waals surface area contributed by atoms with Crippen molar-refractivity contribution >= 4 is 6.08 Å². The van der Waals surface area contributed by atoms with Gasteiger partial charge in [-0.25, -0.2) is 0 Å². The van der Waals surface area contributed by atoms with Crippen LogP contribution in [0.3, 0.4) is 0 Å². The summed E-state index contributed by atoms with van der Waals surface area (Å²) in [4.78, 5) is 0. The van der Waals surface area contributed by atoms with Crippen LogP contribution in [-0.4, -0.2) is 33.4 Å². The van der Waals surface area contributed by atoms with Crippen LogP contribution >= 0.6 is 0 Å². The second-order valence-electron chi connectivity index (χ2n) is 6.59. The first-order valence-corrected chi connectivity index (χ1v) is 9.13. The number of nitrogens with two attached hydrogens (primary N) is 2. The lowest BCUT2D eigenvalue weighted by Gasteiger charge is -2.39. The van der Waals surface area contributed by atoms with Gasteiger partial charge in [0.2, 0.25) is 0 Å². The standard InChI is InChI=1S/C20H33N5/c1-23-19-8-5-12-20(24-2,25-3)17(19)10-9-15-6-4-7-16(14-15)18(22)11-13-21/h4,6-7,9-10,14,18,23-25H,5,8,11-13,21-22H2,1-3H3/b10-9+. The predicted octanol–water partition coefficient (Wildman–Crippen LogP) is 1.84. The molecule has 5 nitrogen and oxygen atoms in total. The smallest absolute Gasteiger partial charge is 0.0961 e. The fourth-order valence-electron chi connectivity index (χ4n) is 3.62.